The molecule has 5 heteroatoms. The van der Waals surface area contributed by atoms with E-state index in [0.29, 0.717) is 19.1 Å². The van der Waals surface area contributed by atoms with Crippen molar-refractivity contribution in [3.8, 4) is 0 Å². The van der Waals surface area contributed by atoms with Gasteiger partial charge in [-0.2, -0.15) is 0 Å². The second-order valence-electron chi connectivity index (χ2n) is 4.37. The van der Waals surface area contributed by atoms with Crippen LogP contribution in [0.25, 0.3) is 0 Å². The van der Waals surface area contributed by atoms with Crippen LogP contribution < -0.4 is 5.73 Å². The van der Waals surface area contributed by atoms with E-state index in [9.17, 15) is 9.59 Å². The number of aliphatic carboxylic acids is 1. The Morgan fingerprint density at radius 2 is 1.89 bits per heavy atom. The van der Waals surface area contributed by atoms with Gasteiger partial charge in [-0.3, -0.25) is 9.59 Å². The predicted molar refractivity (Wildman–Crippen MR) is 71.2 cm³/mol. The van der Waals surface area contributed by atoms with Crippen LogP contribution in [0.4, 0.5) is 0 Å². The Morgan fingerprint density at radius 1 is 1.33 bits per heavy atom. The maximum Gasteiger partial charge on any atom is 0.303 e. The monoisotopic (exact) mass is 261 g/mol. The standard InChI is InChI=1S/C9H19NO2.C4H8O2/c1-3-7(2)4-8(6-10)5-9(11)12;1-3-6-4(2)5/h7-8H,3-6,10H2,1-2H3,(H,11,12);3H2,1-2H3/t7-,8+;/m1./s1. The van der Waals surface area contributed by atoms with Gasteiger partial charge >= 0.3 is 11.9 Å². The van der Waals surface area contributed by atoms with Gasteiger partial charge in [0.15, 0.2) is 0 Å². The second kappa shape index (κ2) is 12.4. The maximum atomic E-state index is 10.4. The Kier molecular flexibility index (Phi) is 13.2. The van der Waals surface area contributed by atoms with Gasteiger partial charge in [0.05, 0.1) is 6.61 Å². The van der Waals surface area contributed by atoms with Crippen LogP contribution >= 0.6 is 0 Å². The van der Waals surface area contributed by atoms with Crippen molar-refractivity contribution in [2.75, 3.05) is 13.2 Å². The summed E-state index contributed by atoms with van der Waals surface area (Å²) in [6, 6.07) is 0. The molecule has 0 radical (unpaired) electrons. The molecule has 18 heavy (non-hydrogen) atoms. The van der Waals surface area contributed by atoms with Crippen molar-refractivity contribution in [1.82, 2.24) is 0 Å². The van der Waals surface area contributed by atoms with Gasteiger partial charge in [-0.1, -0.05) is 20.3 Å². The van der Waals surface area contributed by atoms with Gasteiger partial charge in [0.2, 0.25) is 0 Å². The van der Waals surface area contributed by atoms with Crippen molar-refractivity contribution in [3.63, 3.8) is 0 Å². The third-order valence-corrected chi connectivity index (χ3v) is 2.58. The largest absolute Gasteiger partial charge is 0.481 e. The molecule has 0 spiro atoms. The van der Waals surface area contributed by atoms with Crippen LogP contribution in [0.2, 0.25) is 0 Å². The van der Waals surface area contributed by atoms with Crippen molar-refractivity contribution in [1.29, 1.82) is 0 Å². The average Bonchev–Trinajstić information content (AvgIpc) is 2.27. The van der Waals surface area contributed by atoms with E-state index >= 15 is 0 Å². The van der Waals surface area contributed by atoms with Crippen molar-refractivity contribution >= 4 is 11.9 Å². The van der Waals surface area contributed by atoms with Crippen LogP contribution in [0, 0.1) is 11.8 Å². The predicted octanol–water partition coefficient (Wildman–Crippen LogP) is 2.04. The quantitative estimate of drug-likeness (QED) is 0.684. The van der Waals surface area contributed by atoms with E-state index in [4.69, 9.17) is 10.8 Å². The number of nitrogens with two attached hydrogens (primary N) is 1. The molecule has 0 bridgehead atoms. The Labute approximate surface area is 110 Å². The first-order chi connectivity index (χ1) is 8.37. The minimum atomic E-state index is -0.742. The van der Waals surface area contributed by atoms with E-state index in [1.807, 2.05) is 0 Å². The molecule has 2 atom stereocenters. The van der Waals surface area contributed by atoms with E-state index in [1.165, 1.54) is 6.92 Å². The number of hydrogen-bond donors (Lipinski definition) is 2. The van der Waals surface area contributed by atoms with Gasteiger partial charge in [-0.15, -0.1) is 0 Å². The summed E-state index contributed by atoms with van der Waals surface area (Å²) in [5.41, 5.74) is 5.46. The third kappa shape index (κ3) is 14.9. The topological polar surface area (TPSA) is 89.6 Å². The highest BCUT2D eigenvalue weighted by molar-refractivity contribution is 5.67. The van der Waals surface area contributed by atoms with Crippen LogP contribution in [0.15, 0.2) is 0 Å². The zero-order valence-electron chi connectivity index (χ0n) is 11.9. The SMILES string of the molecule is CCOC(C)=O.CC[C@@H](C)C[C@H](CN)CC(=O)O. The lowest BCUT2D eigenvalue weighted by Crippen LogP contribution is -2.20. The summed E-state index contributed by atoms with van der Waals surface area (Å²) in [5.74, 6) is -0.221. The Morgan fingerprint density at radius 3 is 2.11 bits per heavy atom. The van der Waals surface area contributed by atoms with Crippen LogP contribution in [0.1, 0.15) is 47.0 Å². The van der Waals surface area contributed by atoms with Crippen LogP contribution in [-0.2, 0) is 14.3 Å². The Balaban J connectivity index is 0. The van der Waals surface area contributed by atoms with Crippen molar-refractivity contribution in [2.45, 2.75) is 47.0 Å². The normalized spacial score (nSPS) is 12.9. The molecule has 0 saturated carbocycles. The zero-order valence-corrected chi connectivity index (χ0v) is 11.9. The van der Waals surface area contributed by atoms with Crippen molar-refractivity contribution in [3.05, 3.63) is 0 Å². The number of carboxylic acids is 1. The average molecular weight is 261 g/mol. The number of hydrogen-bond acceptors (Lipinski definition) is 4. The minimum Gasteiger partial charge on any atom is -0.481 e. The molecule has 3 N–H and O–H groups in total. The number of esters is 1. The number of rotatable bonds is 7. The summed E-state index contributed by atoms with van der Waals surface area (Å²) < 4.78 is 4.40. The molecule has 0 aromatic heterocycles. The summed E-state index contributed by atoms with van der Waals surface area (Å²) in [6.07, 6.45) is 2.23. The third-order valence-electron chi connectivity index (χ3n) is 2.58. The highest BCUT2D eigenvalue weighted by Crippen LogP contribution is 2.16. The first-order valence-electron chi connectivity index (χ1n) is 6.42. The van der Waals surface area contributed by atoms with E-state index < -0.39 is 5.97 Å². The molecule has 0 heterocycles. The Bertz CT molecular complexity index is 231. The second-order valence-corrected chi connectivity index (χ2v) is 4.37. The fourth-order valence-corrected chi connectivity index (χ4v) is 1.45. The highest BCUT2D eigenvalue weighted by atomic mass is 16.5. The van der Waals surface area contributed by atoms with Gasteiger partial charge < -0.3 is 15.6 Å². The first kappa shape index (κ1) is 19.2. The molecule has 108 valence electrons. The van der Waals surface area contributed by atoms with Gasteiger partial charge in [-0.05, 0) is 31.7 Å². The van der Waals surface area contributed by atoms with Gasteiger partial charge in [0.25, 0.3) is 0 Å². The fraction of sp³-hybridized carbons (Fsp3) is 0.846. The summed E-state index contributed by atoms with van der Waals surface area (Å²) in [7, 11) is 0. The molecule has 0 aliphatic rings. The lowest BCUT2D eigenvalue weighted by Gasteiger charge is -2.16. The summed E-state index contributed by atoms with van der Waals surface area (Å²) in [5, 5.41) is 8.55. The van der Waals surface area contributed by atoms with Gasteiger partial charge in [0.1, 0.15) is 0 Å². The van der Waals surface area contributed by atoms with Gasteiger partial charge in [0, 0.05) is 13.3 Å². The summed E-state index contributed by atoms with van der Waals surface area (Å²) in [6.45, 7) is 8.38. The smallest absolute Gasteiger partial charge is 0.303 e. The van der Waals surface area contributed by atoms with Crippen LogP contribution in [0.3, 0.4) is 0 Å². The van der Waals surface area contributed by atoms with E-state index in [2.05, 4.69) is 18.6 Å². The zero-order chi connectivity index (χ0) is 14.6. The van der Waals surface area contributed by atoms with Crippen molar-refractivity contribution in [2.24, 2.45) is 17.6 Å². The molecule has 0 aromatic rings. The highest BCUT2D eigenvalue weighted by Gasteiger charge is 2.13. The molecule has 0 fully saturated rings. The number of carbonyl (C=O) groups is 2. The molecule has 0 aromatic carbocycles. The van der Waals surface area contributed by atoms with E-state index in [1.54, 1.807) is 6.92 Å². The number of ether oxygens (including phenoxy) is 1. The number of carbonyl (C=O) groups excluding carboxylic acids is 1. The van der Waals surface area contributed by atoms with Gasteiger partial charge in [-0.25, -0.2) is 0 Å². The van der Waals surface area contributed by atoms with E-state index in [0.717, 1.165) is 12.8 Å². The molecular weight excluding hydrogens is 234 g/mol. The summed E-state index contributed by atoms with van der Waals surface area (Å²) in [4.78, 5) is 20.2. The lowest BCUT2D eigenvalue weighted by atomic mass is 9.92. The minimum absolute atomic E-state index is 0.150. The molecule has 0 amide bonds. The molecular formula is C13H27NO4. The Hall–Kier alpha value is -1.10. The lowest BCUT2D eigenvalue weighted by molar-refractivity contribution is -0.140. The summed E-state index contributed by atoms with van der Waals surface area (Å²) >= 11 is 0. The molecule has 0 unspecified atom stereocenters. The fourth-order valence-electron chi connectivity index (χ4n) is 1.45. The first-order valence-corrected chi connectivity index (χ1v) is 6.42. The van der Waals surface area contributed by atoms with Crippen molar-refractivity contribution < 1.29 is 19.4 Å². The molecule has 0 rings (SSSR count). The molecule has 0 saturated heterocycles. The number of carboxylic acid groups (broad SMARTS) is 1. The molecule has 5 nitrogen and oxygen atoms in total. The van der Waals surface area contributed by atoms with Crippen LogP contribution in [0.5, 0.6) is 0 Å². The van der Waals surface area contributed by atoms with E-state index in [-0.39, 0.29) is 18.3 Å². The maximum absolute atomic E-state index is 10.4. The molecule has 0 aliphatic carbocycles. The van der Waals surface area contributed by atoms with Crippen LogP contribution in [-0.4, -0.2) is 30.2 Å². The molecule has 0 aliphatic heterocycles.